The Hall–Kier alpha value is -2.37. The van der Waals surface area contributed by atoms with Gasteiger partial charge in [0, 0.05) is 23.0 Å². The lowest BCUT2D eigenvalue weighted by molar-refractivity contribution is 0.477. The molecule has 26 heavy (non-hydrogen) atoms. The second kappa shape index (κ2) is 7.89. The third-order valence-corrected chi connectivity index (χ3v) is 4.34. The number of phenolic OH excluding ortho intramolecular Hbond substituents is 1. The number of aromatic hydroxyl groups is 1. The van der Waals surface area contributed by atoms with Crippen LogP contribution in [0.4, 0.5) is 5.82 Å². The average Bonchev–Trinajstić information content (AvgIpc) is 2.61. The van der Waals surface area contributed by atoms with Crippen molar-refractivity contribution in [2.45, 2.75) is 26.3 Å². The van der Waals surface area contributed by atoms with E-state index in [2.05, 4.69) is 29.1 Å². The van der Waals surface area contributed by atoms with Gasteiger partial charge in [-0.2, -0.15) is 0 Å². The van der Waals surface area contributed by atoms with E-state index in [1.54, 1.807) is 18.2 Å². The predicted molar refractivity (Wildman–Crippen MR) is 108 cm³/mol. The molecular weight excluding hydrogens is 348 g/mol. The summed E-state index contributed by atoms with van der Waals surface area (Å²) >= 11 is 6.08. The number of para-hydroxylation sites is 1. The Morgan fingerprint density at radius 3 is 2.69 bits per heavy atom. The highest BCUT2D eigenvalue weighted by Gasteiger charge is 2.14. The van der Waals surface area contributed by atoms with E-state index in [1.165, 1.54) is 0 Å². The lowest BCUT2D eigenvalue weighted by Gasteiger charge is -2.17. The number of halogens is 1. The Kier molecular flexibility index (Phi) is 5.59. The van der Waals surface area contributed by atoms with Crippen LogP contribution in [0.1, 0.15) is 20.3 Å². The lowest BCUT2D eigenvalue weighted by Crippen LogP contribution is -2.30. The molecular formula is C20H23ClN4O. The number of rotatable bonds is 6. The molecule has 1 atom stereocenters. The second-order valence-electron chi connectivity index (χ2n) is 6.84. The molecule has 4 N–H and O–H groups in total. The SMILES string of the molecule is CC(C)C[C@@H](N)CNc1nc(-c2cc(Cl)ccc2O)nc2ccccc12. The first-order valence-electron chi connectivity index (χ1n) is 8.69. The molecule has 0 spiro atoms. The van der Waals surface area contributed by atoms with Gasteiger partial charge in [0.25, 0.3) is 0 Å². The fourth-order valence-corrected chi connectivity index (χ4v) is 3.11. The monoisotopic (exact) mass is 370 g/mol. The van der Waals surface area contributed by atoms with Crippen LogP contribution in [0.2, 0.25) is 5.02 Å². The molecule has 136 valence electrons. The fourth-order valence-electron chi connectivity index (χ4n) is 2.94. The number of hydrogen-bond acceptors (Lipinski definition) is 5. The number of nitrogens with two attached hydrogens (primary N) is 1. The van der Waals surface area contributed by atoms with E-state index in [-0.39, 0.29) is 11.8 Å². The molecule has 0 amide bonds. The van der Waals surface area contributed by atoms with Crippen LogP contribution in [0.5, 0.6) is 5.75 Å². The van der Waals surface area contributed by atoms with Crippen molar-refractivity contribution in [1.82, 2.24) is 9.97 Å². The summed E-state index contributed by atoms with van der Waals surface area (Å²) in [6, 6.07) is 12.6. The van der Waals surface area contributed by atoms with Crippen LogP contribution in [0.15, 0.2) is 42.5 Å². The standard InChI is InChI=1S/C20H23ClN4O/c1-12(2)9-14(22)11-23-19-15-5-3-4-6-17(15)24-20(25-19)16-10-13(21)7-8-18(16)26/h3-8,10,12,14,26H,9,11,22H2,1-2H3,(H,23,24,25)/t14-/m1/s1. The molecule has 1 aromatic heterocycles. The van der Waals surface area contributed by atoms with Crippen molar-refractivity contribution in [3.05, 3.63) is 47.5 Å². The van der Waals surface area contributed by atoms with Gasteiger partial charge in [-0.25, -0.2) is 9.97 Å². The van der Waals surface area contributed by atoms with Crippen molar-refractivity contribution >= 4 is 28.3 Å². The number of hydrogen-bond donors (Lipinski definition) is 3. The quantitative estimate of drug-likeness (QED) is 0.597. The van der Waals surface area contributed by atoms with Crippen molar-refractivity contribution in [3.8, 4) is 17.1 Å². The van der Waals surface area contributed by atoms with Crippen LogP contribution >= 0.6 is 11.6 Å². The van der Waals surface area contributed by atoms with Crippen LogP contribution in [0, 0.1) is 5.92 Å². The topological polar surface area (TPSA) is 84.1 Å². The van der Waals surface area contributed by atoms with Gasteiger partial charge in [-0.1, -0.05) is 37.6 Å². The maximum absolute atomic E-state index is 10.2. The van der Waals surface area contributed by atoms with Gasteiger partial charge in [0.2, 0.25) is 0 Å². The average molecular weight is 371 g/mol. The molecule has 1 heterocycles. The summed E-state index contributed by atoms with van der Waals surface area (Å²) in [5.41, 5.74) is 7.48. The largest absolute Gasteiger partial charge is 0.507 e. The van der Waals surface area contributed by atoms with Gasteiger partial charge in [-0.15, -0.1) is 0 Å². The fraction of sp³-hybridized carbons (Fsp3) is 0.300. The van der Waals surface area contributed by atoms with E-state index in [9.17, 15) is 5.11 Å². The molecule has 0 aliphatic rings. The Labute approximate surface area is 158 Å². The summed E-state index contributed by atoms with van der Waals surface area (Å²) in [5, 5.41) is 15.0. The molecule has 0 aliphatic heterocycles. The number of anilines is 1. The minimum atomic E-state index is 0.0340. The molecule has 0 aliphatic carbocycles. The number of nitrogens with one attached hydrogen (secondary N) is 1. The third kappa shape index (κ3) is 4.23. The van der Waals surface area contributed by atoms with Gasteiger partial charge in [-0.05, 0) is 42.7 Å². The summed E-state index contributed by atoms with van der Waals surface area (Å²) in [6.45, 7) is 4.92. The highest BCUT2D eigenvalue weighted by atomic mass is 35.5. The minimum Gasteiger partial charge on any atom is -0.507 e. The predicted octanol–water partition coefficient (Wildman–Crippen LogP) is 4.44. The smallest absolute Gasteiger partial charge is 0.165 e. The summed E-state index contributed by atoms with van der Waals surface area (Å²) in [4.78, 5) is 9.21. The van der Waals surface area contributed by atoms with Crippen LogP contribution < -0.4 is 11.1 Å². The summed E-state index contributed by atoms with van der Waals surface area (Å²) in [5.74, 6) is 1.74. The number of phenols is 1. The van der Waals surface area contributed by atoms with Crippen molar-refractivity contribution in [1.29, 1.82) is 0 Å². The maximum Gasteiger partial charge on any atom is 0.165 e. The lowest BCUT2D eigenvalue weighted by atomic mass is 10.0. The van der Waals surface area contributed by atoms with Crippen LogP contribution in [-0.2, 0) is 0 Å². The molecule has 0 unspecified atom stereocenters. The van der Waals surface area contributed by atoms with E-state index >= 15 is 0 Å². The van der Waals surface area contributed by atoms with Gasteiger partial charge >= 0.3 is 0 Å². The van der Waals surface area contributed by atoms with Crippen molar-refractivity contribution in [2.24, 2.45) is 11.7 Å². The Morgan fingerprint density at radius 2 is 1.92 bits per heavy atom. The number of fused-ring (bicyclic) bond motifs is 1. The van der Waals surface area contributed by atoms with Gasteiger partial charge < -0.3 is 16.2 Å². The molecule has 0 fully saturated rings. The van der Waals surface area contributed by atoms with Crippen LogP contribution in [-0.4, -0.2) is 27.7 Å². The number of nitrogens with zero attached hydrogens (tertiary/aromatic N) is 2. The molecule has 0 saturated carbocycles. The van der Waals surface area contributed by atoms with Gasteiger partial charge in [0.1, 0.15) is 11.6 Å². The van der Waals surface area contributed by atoms with E-state index in [0.717, 1.165) is 17.3 Å². The van der Waals surface area contributed by atoms with Crippen molar-refractivity contribution < 1.29 is 5.11 Å². The maximum atomic E-state index is 10.2. The molecule has 0 bridgehead atoms. The third-order valence-electron chi connectivity index (χ3n) is 4.11. The minimum absolute atomic E-state index is 0.0340. The molecule has 3 rings (SSSR count). The van der Waals surface area contributed by atoms with E-state index in [1.807, 2.05) is 24.3 Å². The summed E-state index contributed by atoms with van der Waals surface area (Å²) in [6.07, 6.45) is 0.929. The zero-order valence-corrected chi connectivity index (χ0v) is 15.7. The zero-order valence-electron chi connectivity index (χ0n) is 14.9. The van der Waals surface area contributed by atoms with Crippen molar-refractivity contribution in [2.75, 3.05) is 11.9 Å². The summed E-state index contributed by atoms with van der Waals surface area (Å²) in [7, 11) is 0. The van der Waals surface area contributed by atoms with Crippen molar-refractivity contribution in [3.63, 3.8) is 0 Å². The molecule has 3 aromatic rings. The second-order valence-corrected chi connectivity index (χ2v) is 7.28. The molecule has 0 saturated heterocycles. The first-order chi connectivity index (χ1) is 12.4. The van der Waals surface area contributed by atoms with Crippen LogP contribution in [0.25, 0.3) is 22.3 Å². The summed E-state index contributed by atoms with van der Waals surface area (Å²) < 4.78 is 0. The molecule has 5 nitrogen and oxygen atoms in total. The number of aromatic nitrogens is 2. The Bertz CT molecular complexity index is 913. The Morgan fingerprint density at radius 1 is 1.15 bits per heavy atom. The van der Waals surface area contributed by atoms with Gasteiger partial charge in [-0.3, -0.25) is 0 Å². The highest BCUT2D eigenvalue weighted by molar-refractivity contribution is 6.30. The zero-order chi connectivity index (χ0) is 18.7. The highest BCUT2D eigenvalue weighted by Crippen LogP contribution is 2.32. The number of benzene rings is 2. The first kappa shape index (κ1) is 18.4. The van der Waals surface area contributed by atoms with Crippen LogP contribution in [0.3, 0.4) is 0 Å². The van der Waals surface area contributed by atoms with E-state index in [4.69, 9.17) is 17.3 Å². The molecule has 0 radical (unpaired) electrons. The van der Waals surface area contributed by atoms with Gasteiger partial charge in [0.05, 0.1) is 11.1 Å². The Balaban J connectivity index is 2.00. The normalized spacial score (nSPS) is 12.5. The van der Waals surface area contributed by atoms with E-state index < -0.39 is 0 Å². The molecule has 2 aromatic carbocycles. The van der Waals surface area contributed by atoms with Gasteiger partial charge in [0.15, 0.2) is 5.82 Å². The first-order valence-corrected chi connectivity index (χ1v) is 9.07. The van der Waals surface area contributed by atoms with E-state index in [0.29, 0.717) is 34.7 Å². The molecule has 6 heteroatoms.